The van der Waals surface area contributed by atoms with Gasteiger partial charge in [-0.15, -0.1) is 4.40 Å². The van der Waals surface area contributed by atoms with Crippen molar-refractivity contribution in [2.45, 2.75) is 20.4 Å². The second-order valence-electron chi connectivity index (χ2n) is 7.89. The van der Waals surface area contributed by atoms with Crippen molar-refractivity contribution in [3.05, 3.63) is 83.5 Å². The van der Waals surface area contributed by atoms with Gasteiger partial charge >= 0.3 is 10.2 Å². The number of aryl methyl sites for hydroxylation is 2. The summed E-state index contributed by atoms with van der Waals surface area (Å²) in [5, 5.41) is 9.57. The molecule has 180 valence electrons. The van der Waals surface area contributed by atoms with E-state index in [2.05, 4.69) is 25.1 Å². The summed E-state index contributed by atoms with van der Waals surface area (Å²) in [5.74, 6) is -0.824. The molecule has 35 heavy (non-hydrogen) atoms. The number of carbonyl (C=O) groups is 2. The molecule has 3 aromatic rings. The molecule has 2 aromatic heterocycles. The molecule has 2 N–H and O–H groups in total. The molecule has 3 heterocycles. The topological polar surface area (TPSA) is 139 Å². The second-order valence-corrected chi connectivity index (χ2v) is 9.52. The van der Waals surface area contributed by atoms with Gasteiger partial charge in [0.1, 0.15) is 12.2 Å². The quantitative estimate of drug-likeness (QED) is 0.539. The highest BCUT2D eigenvalue weighted by molar-refractivity contribution is 7.88. The number of likely N-dealkylation sites (N-methyl/N-ethyl adjacent to an activating group) is 1. The first kappa shape index (κ1) is 23.8. The van der Waals surface area contributed by atoms with Crippen LogP contribution in [0.15, 0.2) is 71.0 Å². The van der Waals surface area contributed by atoms with Crippen LogP contribution in [0.3, 0.4) is 0 Å². The molecular weight excluding hydrogens is 470 g/mol. The Morgan fingerprint density at radius 2 is 1.80 bits per heavy atom. The van der Waals surface area contributed by atoms with E-state index in [1.807, 2.05) is 19.1 Å². The fourth-order valence-corrected chi connectivity index (χ4v) is 4.22. The van der Waals surface area contributed by atoms with Crippen LogP contribution >= 0.6 is 0 Å². The maximum atomic E-state index is 13.0. The third-order valence-electron chi connectivity index (χ3n) is 5.21. The summed E-state index contributed by atoms with van der Waals surface area (Å²) in [4.78, 5) is 29.3. The Bertz CT molecular complexity index is 1440. The molecule has 2 amide bonds. The lowest BCUT2D eigenvalue weighted by atomic mass is 10.1. The number of amides is 2. The first-order valence-electron chi connectivity index (χ1n) is 10.6. The lowest BCUT2D eigenvalue weighted by molar-refractivity contribution is -0.117. The van der Waals surface area contributed by atoms with Crippen LogP contribution in [0.1, 0.15) is 16.8 Å². The van der Waals surface area contributed by atoms with E-state index in [9.17, 15) is 18.0 Å². The highest BCUT2D eigenvalue weighted by atomic mass is 32.2. The van der Waals surface area contributed by atoms with Crippen molar-refractivity contribution in [3.63, 3.8) is 0 Å². The van der Waals surface area contributed by atoms with Gasteiger partial charge in [0.05, 0.1) is 17.6 Å². The van der Waals surface area contributed by atoms with Crippen molar-refractivity contribution in [2.75, 3.05) is 17.7 Å². The van der Waals surface area contributed by atoms with Gasteiger partial charge in [0.2, 0.25) is 5.91 Å². The molecule has 4 rings (SSSR count). The van der Waals surface area contributed by atoms with E-state index >= 15 is 0 Å². The molecule has 12 heteroatoms. The van der Waals surface area contributed by atoms with Crippen molar-refractivity contribution in [1.82, 2.24) is 19.1 Å². The summed E-state index contributed by atoms with van der Waals surface area (Å²) in [6, 6.07) is 12.1. The van der Waals surface area contributed by atoms with E-state index in [0.29, 0.717) is 16.9 Å². The third kappa shape index (κ3) is 5.44. The standard InChI is InChI=1S/C23H23N7O4S/c1-15-6-8-17(9-7-15)19-12-20(29(3)35(33,34)28-19)23(32)26-21-11-16(2)30(27-21)14-22(31)25-18-5-4-10-24-13-18/h4-13H,14H2,1-3H3,(H,25,31)(H,26,27,32). The molecule has 1 aliphatic heterocycles. The number of hydrogen-bond donors (Lipinski definition) is 2. The van der Waals surface area contributed by atoms with Crippen molar-refractivity contribution < 1.29 is 18.0 Å². The lowest BCUT2D eigenvalue weighted by Crippen LogP contribution is -2.35. The van der Waals surface area contributed by atoms with E-state index in [4.69, 9.17) is 0 Å². The Morgan fingerprint density at radius 1 is 1.06 bits per heavy atom. The fourth-order valence-electron chi connectivity index (χ4n) is 3.31. The Hall–Kier alpha value is -4.32. The van der Waals surface area contributed by atoms with Crippen molar-refractivity contribution in [1.29, 1.82) is 0 Å². The van der Waals surface area contributed by atoms with Crippen LogP contribution in [0.5, 0.6) is 0 Å². The summed E-state index contributed by atoms with van der Waals surface area (Å²) in [5.41, 5.74) is 2.79. The molecule has 0 radical (unpaired) electrons. The van der Waals surface area contributed by atoms with Crippen LogP contribution in [-0.4, -0.2) is 52.1 Å². The average molecular weight is 494 g/mol. The third-order valence-corrected chi connectivity index (χ3v) is 6.53. The van der Waals surface area contributed by atoms with E-state index in [1.54, 1.807) is 43.5 Å². The van der Waals surface area contributed by atoms with Gasteiger partial charge in [-0.2, -0.15) is 13.5 Å². The monoisotopic (exact) mass is 493 g/mol. The van der Waals surface area contributed by atoms with E-state index < -0.39 is 16.1 Å². The molecule has 0 aliphatic carbocycles. The fraction of sp³-hybridized carbons (Fsp3) is 0.174. The SMILES string of the molecule is Cc1ccc(C2=NS(=O)(=O)N(C)C(C(=O)Nc3cc(C)n(CC(=O)Nc4cccnc4)n3)=C2)cc1. The molecule has 0 spiro atoms. The predicted molar refractivity (Wildman–Crippen MR) is 131 cm³/mol. The summed E-state index contributed by atoms with van der Waals surface area (Å²) in [7, 11) is -2.84. The lowest BCUT2D eigenvalue weighted by Gasteiger charge is -2.23. The highest BCUT2D eigenvalue weighted by Gasteiger charge is 2.30. The smallest absolute Gasteiger partial charge is 0.323 e. The van der Waals surface area contributed by atoms with Crippen LogP contribution in [-0.2, 0) is 26.3 Å². The minimum atomic E-state index is -4.10. The van der Waals surface area contributed by atoms with Crippen molar-refractivity contribution >= 4 is 39.2 Å². The van der Waals surface area contributed by atoms with Crippen LogP contribution in [0.4, 0.5) is 11.5 Å². The Labute approximate surface area is 202 Å². The van der Waals surface area contributed by atoms with Gasteiger partial charge in [-0.3, -0.25) is 19.3 Å². The second kappa shape index (κ2) is 9.50. The zero-order valence-electron chi connectivity index (χ0n) is 19.3. The first-order chi connectivity index (χ1) is 16.6. The number of carbonyl (C=O) groups excluding carboxylic acids is 2. The van der Waals surface area contributed by atoms with Crippen LogP contribution in [0.2, 0.25) is 0 Å². The normalized spacial score (nSPS) is 14.7. The number of anilines is 2. The maximum absolute atomic E-state index is 13.0. The Balaban J connectivity index is 1.51. The number of benzene rings is 1. The number of nitrogens with zero attached hydrogens (tertiary/aromatic N) is 5. The number of pyridine rings is 1. The number of nitrogens with one attached hydrogen (secondary N) is 2. The number of hydrogen-bond acceptors (Lipinski definition) is 6. The van der Waals surface area contributed by atoms with E-state index in [1.165, 1.54) is 24.0 Å². The highest BCUT2D eigenvalue weighted by Crippen LogP contribution is 2.21. The minimum Gasteiger partial charge on any atom is -0.323 e. The zero-order valence-corrected chi connectivity index (χ0v) is 20.1. The molecule has 0 fully saturated rings. The van der Waals surface area contributed by atoms with Gasteiger partial charge < -0.3 is 10.6 Å². The summed E-state index contributed by atoms with van der Waals surface area (Å²) < 4.78 is 31.2. The van der Waals surface area contributed by atoms with Gasteiger partial charge in [-0.25, -0.2) is 4.31 Å². The predicted octanol–water partition coefficient (Wildman–Crippen LogP) is 2.04. The van der Waals surface area contributed by atoms with Gasteiger partial charge in [0, 0.05) is 30.6 Å². The van der Waals surface area contributed by atoms with Gasteiger partial charge in [0.25, 0.3) is 5.91 Å². The number of allylic oxidation sites excluding steroid dienone is 1. The van der Waals surface area contributed by atoms with Crippen molar-refractivity contribution in [3.8, 4) is 0 Å². The Morgan fingerprint density at radius 3 is 2.49 bits per heavy atom. The maximum Gasteiger partial charge on any atom is 0.345 e. The molecule has 1 aromatic carbocycles. The molecule has 1 aliphatic rings. The molecular formula is C23H23N7O4S. The minimum absolute atomic E-state index is 0.0855. The van der Waals surface area contributed by atoms with Crippen LogP contribution in [0.25, 0.3) is 0 Å². The van der Waals surface area contributed by atoms with Crippen LogP contribution in [0, 0.1) is 13.8 Å². The largest absolute Gasteiger partial charge is 0.345 e. The summed E-state index contributed by atoms with van der Waals surface area (Å²) >= 11 is 0. The van der Waals surface area contributed by atoms with Gasteiger partial charge in [-0.1, -0.05) is 29.8 Å². The van der Waals surface area contributed by atoms with E-state index in [-0.39, 0.29) is 29.7 Å². The molecule has 0 saturated carbocycles. The summed E-state index contributed by atoms with van der Waals surface area (Å²) in [6.45, 7) is 3.56. The molecule has 0 unspecified atom stereocenters. The zero-order chi connectivity index (χ0) is 25.2. The molecule has 0 bridgehead atoms. The molecule has 0 saturated heterocycles. The van der Waals surface area contributed by atoms with Crippen LogP contribution < -0.4 is 10.6 Å². The first-order valence-corrected chi connectivity index (χ1v) is 12.0. The molecule has 0 atom stereocenters. The Kier molecular flexibility index (Phi) is 6.47. The van der Waals surface area contributed by atoms with Crippen molar-refractivity contribution in [2.24, 2.45) is 4.40 Å². The van der Waals surface area contributed by atoms with Gasteiger partial charge in [-0.05, 0) is 32.1 Å². The van der Waals surface area contributed by atoms with E-state index in [0.717, 1.165) is 9.87 Å². The number of aromatic nitrogens is 3. The molecule has 11 nitrogen and oxygen atoms in total. The number of rotatable bonds is 6. The average Bonchev–Trinajstić information content (AvgIpc) is 3.14. The van der Waals surface area contributed by atoms with Gasteiger partial charge in [0.15, 0.2) is 5.82 Å². The summed E-state index contributed by atoms with van der Waals surface area (Å²) in [6.07, 6.45) is 4.53.